The highest BCUT2D eigenvalue weighted by atomic mass is 19.4. The van der Waals surface area contributed by atoms with Gasteiger partial charge in [0.05, 0.1) is 18.1 Å². The topological polar surface area (TPSA) is 94.9 Å². The average Bonchev–Trinajstić information content (AvgIpc) is 2.96. The lowest BCUT2D eigenvalue weighted by Gasteiger charge is -2.22. The Bertz CT molecular complexity index is 764. The molecule has 0 unspecified atom stereocenters. The number of anilines is 2. The third kappa shape index (κ3) is 3.17. The number of nitrogens with two attached hydrogens (primary N) is 1. The fourth-order valence-corrected chi connectivity index (χ4v) is 2.00. The molecule has 0 aliphatic carbocycles. The highest BCUT2D eigenvalue weighted by Gasteiger charge is 2.34. The van der Waals surface area contributed by atoms with Gasteiger partial charge in [-0.05, 0) is 12.1 Å². The normalized spacial score (nSPS) is 11.7. The zero-order valence-corrected chi connectivity index (χ0v) is 11.6. The Balaban J connectivity index is 1.81. The van der Waals surface area contributed by atoms with E-state index in [1.165, 1.54) is 5.12 Å². The van der Waals surface area contributed by atoms with E-state index in [1.807, 2.05) is 30.3 Å². The van der Waals surface area contributed by atoms with Gasteiger partial charge in [0.1, 0.15) is 5.82 Å². The number of benzene rings is 1. The van der Waals surface area contributed by atoms with E-state index in [-0.39, 0.29) is 5.69 Å². The SMILES string of the molecule is NNN(Nc1cnc(C(F)(F)F)nc1)c1cc2ccccc2[nH]1. The highest BCUT2D eigenvalue weighted by molar-refractivity contribution is 5.84. The van der Waals surface area contributed by atoms with Gasteiger partial charge >= 0.3 is 6.18 Å². The molecule has 2 aromatic heterocycles. The van der Waals surface area contributed by atoms with E-state index in [0.717, 1.165) is 23.3 Å². The lowest BCUT2D eigenvalue weighted by molar-refractivity contribution is -0.144. The number of hydrogen-bond donors (Lipinski definition) is 4. The fourth-order valence-electron chi connectivity index (χ4n) is 2.00. The van der Waals surface area contributed by atoms with Crippen LogP contribution in [-0.2, 0) is 6.18 Å². The van der Waals surface area contributed by atoms with Crippen LogP contribution in [0, 0.1) is 0 Å². The predicted molar refractivity (Wildman–Crippen MR) is 78.8 cm³/mol. The Labute approximate surface area is 128 Å². The van der Waals surface area contributed by atoms with Gasteiger partial charge in [-0.15, -0.1) is 0 Å². The van der Waals surface area contributed by atoms with Crippen molar-refractivity contribution in [1.29, 1.82) is 0 Å². The third-order valence-corrected chi connectivity index (χ3v) is 3.03. The molecule has 0 saturated heterocycles. The smallest absolute Gasteiger partial charge is 0.339 e. The zero-order chi connectivity index (χ0) is 16.4. The van der Waals surface area contributed by atoms with E-state index in [9.17, 15) is 13.2 Å². The minimum absolute atomic E-state index is 0.231. The summed E-state index contributed by atoms with van der Waals surface area (Å²) in [6.45, 7) is 0. The molecule has 0 fully saturated rings. The van der Waals surface area contributed by atoms with Crippen LogP contribution in [0.25, 0.3) is 10.9 Å². The van der Waals surface area contributed by atoms with Crippen molar-refractivity contribution in [2.75, 3.05) is 10.5 Å². The number of nitrogens with one attached hydrogen (secondary N) is 3. The molecule has 5 N–H and O–H groups in total. The summed E-state index contributed by atoms with van der Waals surface area (Å²) in [7, 11) is 0. The van der Waals surface area contributed by atoms with Crippen molar-refractivity contribution < 1.29 is 13.2 Å². The molecule has 10 heteroatoms. The summed E-state index contributed by atoms with van der Waals surface area (Å²) in [6, 6.07) is 9.37. The molecule has 0 aliphatic heterocycles. The lowest BCUT2D eigenvalue weighted by atomic mass is 10.2. The van der Waals surface area contributed by atoms with Crippen LogP contribution in [0.4, 0.5) is 24.7 Å². The molecule has 120 valence electrons. The van der Waals surface area contributed by atoms with E-state index >= 15 is 0 Å². The minimum atomic E-state index is -4.58. The fraction of sp³-hybridized carbons (Fsp3) is 0.0769. The summed E-state index contributed by atoms with van der Waals surface area (Å²) in [4.78, 5) is 9.64. The van der Waals surface area contributed by atoms with Crippen LogP contribution in [-0.4, -0.2) is 15.0 Å². The Morgan fingerprint density at radius 2 is 1.83 bits per heavy atom. The van der Waals surface area contributed by atoms with Crippen LogP contribution in [0.15, 0.2) is 42.7 Å². The second kappa shape index (κ2) is 5.74. The molecule has 0 radical (unpaired) electrons. The van der Waals surface area contributed by atoms with Crippen molar-refractivity contribution in [2.45, 2.75) is 6.18 Å². The second-order valence-corrected chi connectivity index (χ2v) is 4.61. The van der Waals surface area contributed by atoms with Crippen LogP contribution in [0.3, 0.4) is 0 Å². The van der Waals surface area contributed by atoms with Gasteiger partial charge in [0.25, 0.3) is 0 Å². The van der Waals surface area contributed by atoms with Gasteiger partial charge in [-0.3, -0.25) is 11.3 Å². The first-order valence-electron chi connectivity index (χ1n) is 6.47. The van der Waals surface area contributed by atoms with E-state index in [2.05, 4.69) is 25.9 Å². The Morgan fingerprint density at radius 3 is 2.43 bits per heavy atom. The van der Waals surface area contributed by atoms with E-state index in [1.54, 1.807) is 0 Å². The number of halogens is 3. The van der Waals surface area contributed by atoms with Crippen molar-refractivity contribution in [3.05, 3.63) is 48.5 Å². The van der Waals surface area contributed by atoms with E-state index < -0.39 is 12.0 Å². The maximum atomic E-state index is 12.4. The Kier molecular flexibility index (Phi) is 3.76. The average molecular weight is 323 g/mol. The summed E-state index contributed by atoms with van der Waals surface area (Å²) in [5, 5.41) is 2.25. The quantitative estimate of drug-likeness (QED) is 0.434. The largest absolute Gasteiger partial charge is 0.451 e. The summed E-state index contributed by atoms with van der Waals surface area (Å²) in [5.41, 5.74) is 6.26. The van der Waals surface area contributed by atoms with Crippen molar-refractivity contribution in [3.8, 4) is 0 Å². The Morgan fingerprint density at radius 1 is 1.13 bits per heavy atom. The lowest BCUT2D eigenvalue weighted by Crippen LogP contribution is -2.47. The third-order valence-electron chi connectivity index (χ3n) is 3.03. The first-order chi connectivity index (χ1) is 11.0. The van der Waals surface area contributed by atoms with E-state index in [4.69, 9.17) is 5.84 Å². The molecule has 0 aliphatic rings. The molecule has 23 heavy (non-hydrogen) atoms. The maximum absolute atomic E-state index is 12.4. The van der Waals surface area contributed by atoms with Crippen LogP contribution in [0.5, 0.6) is 0 Å². The summed E-state index contributed by atoms with van der Waals surface area (Å²) in [5.74, 6) is 4.80. The van der Waals surface area contributed by atoms with Crippen LogP contribution >= 0.6 is 0 Å². The number of H-pyrrole nitrogens is 1. The molecule has 7 nitrogen and oxygen atoms in total. The molecule has 0 bridgehead atoms. The molecular weight excluding hydrogens is 311 g/mol. The van der Waals surface area contributed by atoms with Crippen molar-refractivity contribution in [1.82, 2.24) is 20.5 Å². The molecule has 1 aromatic carbocycles. The van der Waals surface area contributed by atoms with Crippen molar-refractivity contribution in [3.63, 3.8) is 0 Å². The minimum Gasteiger partial charge on any atom is -0.339 e. The monoisotopic (exact) mass is 323 g/mol. The van der Waals surface area contributed by atoms with Gasteiger partial charge in [-0.25, -0.2) is 9.97 Å². The number of alkyl halides is 3. The number of aromatic amines is 1. The molecular formula is C13H12F3N7. The second-order valence-electron chi connectivity index (χ2n) is 4.61. The van der Waals surface area contributed by atoms with Gasteiger partial charge in [-0.2, -0.15) is 23.8 Å². The number of hydrogen-bond acceptors (Lipinski definition) is 6. The van der Waals surface area contributed by atoms with Crippen molar-refractivity contribution in [2.24, 2.45) is 5.84 Å². The van der Waals surface area contributed by atoms with Crippen LogP contribution < -0.4 is 21.9 Å². The number of fused-ring (bicyclic) bond motifs is 1. The molecule has 3 rings (SSSR count). The van der Waals surface area contributed by atoms with E-state index in [0.29, 0.717) is 5.82 Å². The Hall–Kier alpha value is -2.85. The van der Waals surface area contributed by atoms with Crippen LogP contribution in [0.2, 0.25) is 0 Å². The number of para-hydroxylation sites is 1. The summed E-state index contributed by atoms with van der Waals surface area (Å²) >= 11 is 0. The number of rotatable bonds is 4. The molecule has 0 spiro atoms. The van der Waals surface area contributed by atoms with Gasteiger partial charge in [0, 0.05) is 10.9 Å². The molecule has 0 amide bonds. The standard InChI is InChI=1S/C13H12F3N7/c14-13(15,16)12-18-6-9(7-19-12)21-23(22-17)11-5-8-3-1-2-4-10(8)20-11/h1-7,20-22H,17H2. The predicted octanol–water partition coefficient (Wildman–Crippen LogP) is 2.19. The van der Waals surface area contributed by atoms with Crippen LogP contribution in [0.1, 0.15) is 5.82 Å². The molecule has 3 aromatic rings. The summed E-state index contributed by atoms with van der Waals surface area (Å²) < 4.78 is 37.3. The van der Waals surface area contributed by atoms with Gasteiger partial charge < -0.3 is 4.98 Å². The van der Waals surface area contributed by atoms with Gasteiger partial charge in [0.15, 0.2) is 0 Å². The number of hydrazine groups is 3. The number of nitrogens with zero attached hydrogens (tertiary/aromatic N) is 3. The van der Waals surface area contributed by atoms with Gasteiger partial charge in [-0.1, -0.05) is 18.2 Å². The highest BCUT2D eigenvalue weighted by Crippen LogP contribution is 2.26. The first-order valence-corrected chi connectivity index (χ1v) is 6.47. The van der Waals surface area contributed by atoms with Crippen molar-refractivity contribution >= 4 is 22.4 Å². The zero-order valence-electron chi connectivity index (χ0n) is 11.6. The van der Waals surface area contributed by atoms with Gasteiger partial charge in [0.2, 0.25) is 5.82 Å². The maximum Gasteiger partial charge on any atom is 0.451 e. The molecule has 2 heterocycles. The first kappa shape index (κ1) is 15.1. The molecule has 0 saturated carbocycles. The molecule has 0 atom stereocenters. The number of aromatic nitrogens is 3. The summed E-state index contributed by atoms with van der Waals surface area (Å²) in [6.07, 6.45) is -2.55.